The van der Waals surface area contributed by atoms with Gasteiger partial charge in [-0.2, -0.15) is 0 Å². The number of nitrogens with zero attached hydrogens (tertiary/aromatic N) is 3. The van der Waals surface area contributed by atoms with Crippen LogP contribution in [0.4, 0.5) is 17.1 Å². The Balaban J connectivity index is 1.63. The molecular formula is C23H21N3O2. The minimum Gasteiger partial charge on any atom is -0.378 e. The number of nitro benzene ring substituents is 1. The molecule has 3 aromatic carbocycles. The summed E-state index contributed by atoms with van der Waals surface area (Å²) in [5, 5.41) is 10.7. The molecule has 0 N–H and O–H groups in total. The maximum atomic E-state index is 10.7. The van der Waals surface area contributed by atoms with Crippen molar-refractivity contribution in [1.82, 2.24) is 0 Å². The molecule has 3 aromatic rings. The van der Waals surface area contributed by atoms with Gasteiger partial charge in [0.1, 0.15) is 0 Å². The lowest BCUT2D eigenvalue weighted by Gasteiger charge is -2.11. The molecule has 140 valence electrons. The summed E-state index contributed by atoms with van der Waals surface area (Å²) in [4.78, 5) is 16.9. The van der Waals surface area contributed by atoms with Gasteiger partial charge in [-0.05, 0) is 53.1 Å². The van der Waals surface area contributed by atoms with E-state index in [-0.39, 0.29) is 5.69 Å². The molecule has 3 rings (SSSR count). The molecule has 0 aliphatic heterocycles. The van der Waals surface area contributed by atoms with Gasteiger partial charge in [-0.25, -0.2) is 0 Å². The van der Waals surface area contributed by atoms with Crippen molar-refractivity contribution < 1.29 is 4.92 Å². The zero-order valence-electron chi connectivity index (χ0n) is 15.8. The van der Waals surface area contributed by atoms with Crippen LogP contribution in [-0.4, -0.2) is 25.2 Å². The van der Waals surface area contributed by atoms with E-state index in [1.54, 1.807) is 12.1 Å². The van der Waals surface area contributed by atoms with Crippen LogP contribution in [-0.2, 0) is 0 Å². The van der Waals surface area contributed by atoms with Crippen LogP contribution in [0.2, 0.25) is 0 Å². The third-order valence-electron chi connectivity index (χ3n) is 4.24. The Morgan fingerprint density at radius 1 is 0.786 bits per heavy atom. The second-order valence-electron chi connectivity index (χ2n) is 6.52. The van der Waals surface area contributed by atoms with Crippen LogP contribution >= 0.6 is 0 Å². The highest BCUT2D eigenvalue weighted by Gasteiger charge is 2.02. The van der Waals surface area contributed by atoms with Crippen molar-refractivity contribution in [2.75, 3.05) is 19.0 Å². The molecule has 0 radical (unpaired) electrons. The van der Waals surface area contributed by atoms with Crippen molar-refractivity contribution in [1.29, 1.82) is 0 Å². The highest BCUT2D eigenvalue weighted by atomic mass is 16.6. The Morgan fingerprint density at radius 2 is 1.29 bits per heavy atom. The third kappa shape index (κ3) is 5.14. The fraction of sp³-hybridized carbons (Fsp3) is 0.0870. The van der Waals surface area contributed by atoms with Crippen molar-refractivity contribution >= 4 is 35.4 Å². The molecule has 0 aliphatic carbocycles. The Kier molecular flexibility index (Phi) is 5.97. The molecule has 0 unspecified atom stereocenters. The van der Waals surface area contributed by atoms with E-state index in [2.05, 4.69) is 22.0 Å². The maximum absolute atomic E-state index is 10.7. The third-order valence-corrected chi connectivity index (χ3v) is 4.24. The molecule has 0 aliphatic rings. The molecule has 5 heteroatoms. The van der Waals surface area contributed by atoms with Gasteiger partial charge in [-0.1, -0.05) is 36.4 Å². The van der Waals surface area contributed by atoms with Crippen molar-refractivity contribution in [3.63, 3.8) is 0 Å². The van der Waals surface area contributed by atoms with E-state index in [4.69, 9.17) is 0 Å². The Bertz CT molecular complexity index is 988. The first-order chi connectivity index (χ1) is 13.5. The van der Waals surface area contributed by atoms with Crippen molar-refractivity contribution in [2.24, 2.45) is 4.99 Å². The van der Waals surface area contributed by atoms with Gasteiger partial charge in [0.15, 0.2) is 0 Å². The Labute approximate surface area is 164 Å². The smallest absolute Gasteiger partial charge is 0.269 e. The van der Waals surface area contributed by atoms with E-state index in [0.717, 1.165) is 28.1 Å². The highest BCUT2D eigenvalue weighted by Crippen LogP contribution is 2.17. The number of aliphatic imine (C=N–C) groups is 1. The van der Waals surface area contributed by atoms with Crippen molar-refractivity contribution in [3.8, 4) is 0 Å². The topological polar surface area (TPSA) is 58.7 Å². The van der Waals surface area contributed by atoms with E-state index in [0.29, 0.717) is 0 Å². The van der Waals surface area contributed by atoms with Crippen LogP contribution in [0.15, 0.2) is 77.8 Å². The fourth-order valence-electron chi connectivity index (χ4n) is 2.58. The summed E-state index contributed by atoms with van der Waals surface area (Å²) in [6.45, 7) is 0. The molecule has 0 amide bonds. The standard InChI is InChI=1S/C23H21N3O2/c1-25(2)22-13-9-20(10-14-22)17-24-21-11-5-18(6-12-21)3-4-19-7-15-23(16-8-19)26(27)28/h3-17H,1-2H3/b4-3+,24-17?. The number of hydrogen-bond acceptors (Lipinski definition) is 4. The van der Waals surface area contributed by atoms with E-state index in [9.17, 15) is 10.1 Å². The van der Waals surface area contributed by atoms with Crippen LogP contribution in [0.25, 0.3) is 12.2 Å². The predicted octanol–water partition coefficient (Wildman–Crippen LogP) is 5.58. The lowest BCUT2D eigenvalue weighted by molar-refractivity contribution is -0.384. The van der Waals surface area contributed by atoms with Gasteiger partial charge in [0.25, 0.3) is 5.69 Å². The normalized spacial score (nSPS) is 11.2. The molecule has 0 bridgehead atoms. The largest absolute Gasteiger partial charge is 0.378 e. The lowest BCUT2D eigenvalue weighted by Crippen LogP contribution is -2.08. The van der Waals surface area contributed by atoms with E-state index in [1.165, 1.54) is 12.1 Å². The molecule has 0 spiro atoms. The van der Waals surface area contributed by atoms with Crippen molar-refractivity contribution in [2.45, 2.75) is 0 Å². The zero-order valence-corrected chi connectivity index (χ0v) is 15.8. The van der Waals surface area contributed by atoms with Crippen molar-refractivity contribution in [3.05, 3.63) is 99.6 Å². The van der Waals surface area contributed by atoms with Gasteiger partial charge < -0.3 is 4.90 Å². The quantitative estimate of drug-likeness (QED) is 0.246. The van der Waals surface area contributed by atoms with Crippen LogP contribution in [0.5, 0.6) is 0 Å². The average Bonchev–Trinajstić information content (AvgIpc) is 2.72. The second-order valence-corrected chi connectivity index (χ2v) is 6.52. The summed E-state index contributed by atoms with van der Waals surface area (Å²) in [6.07, 6.45) is 5.74. The van der Waals surface area contributed by atoms with Crippen LogP contribution < -0.4 is 4.90 Å². The molecule has 28 heavy (non-hydrogen) atoms. The van der Waals surface area contributed by atoms with Gasteiger partial charge in [0, 0.05) is 38.1 Å². The van der Waals surface area contributed by atoms with Gasteiger partial charge >= 0.3 is 0 Å². The molecule has 5 nitrogen and oxygen atoms in total. The molecule has 0 aromatic heterocycles. The van der Waals surface area contributed by atoms with Gasteiger partial charge in [-0.3, -0.25) is 15.1 Å². The van der Waals surface area contributed by atoms with Gasteiger partial charge in [0.2, 0.25) is 0 Å². The number of nitro groups is 1. The molecule has 0 fully saturated rings. The Hall–Kier alpha value is -3.73. The summed E-state index contributed by atoms with van der Waals surface area (Å²) in [5.41, 5.74) is 5.12. The van der Waals surface area contributed by atoms with E-state index in [1.807, 2.05) is 68.9 Å². The SMILES string of the molecule is CN(C)c1ccc(C=Nc2ccc(/C=C/c3ccc([N+](=O)[O-])cc3)cc2)cc1. The summed E-state index contributed by atoms with van der Waals surface area (Å²) < 4.78 is 0. The maximum Gasteiger partial charge on any atom is 0.269 e. The highest BCUT2D eigenvalue weighted by molar-refractivity contribution is 5.82. The van der Waals surface area contributed by atoms with Gasteiger partial charge in [-0.15, -0.1) is 0 Å². The summed E-state index contributed by atoms with van der Waals surface area (Å²) in [7, 11) is 4.03. The number of anilines is 1. The second kappa shape index (κ2) is 8.77. The minimum absolute atomic E-state index is 0.0933. The molecule has 0 heterocycles. The fourth-order valence-corrected chi connectivity index (χ4v) is 2.58. The molecule has 0 saturated carbocycles. The first-order valence-corrected chi connectivity index (χ1v) is 8.85. The zero-order chi connectivity index (χ0) is 19.9. The van der Waals surface area contributed by atoms with E-state index >= 15 is 0 Å². The summed E-state index contributed by atoms with van der Waals surface area (Å²) >= 11 is 0. The monoisotopic (exact) mass is 371 g/mol. The first kappa shape index (κ1) is 19.0. The first-order valence-electron chi connectivity index (χ1n) is 8.85. The number of rotatable bonds is 6. The lowest BCUT2D eigenvalue weighted by atomic mass is 10.1. The predicted molar refractivity (Wildman–Crippen MR) is 116 cm³/mol. The van der Waals surface area contributed by atoms with Crippen LogP contribution in [0.3, 0.4) is 0 Å². The van der Waals surface area contributed by atoms with Crippen LogP contribution in [0, 0.1) is 10.1 Å². The minimum atomic E-state index is -0.399. The average molecular weight is 371 g/mol. The Morgan fingerprint density at radius 3 is 1.79 bits per heavy atom. The van der Waals surface area contributed by atoms with Gasteiger partial charge in [0.05, 0.1) is 10.6 Å². The number of non-ortho nitro benzene ring substituents is 1. The number of benzene rings is 3. The van der Waals surface area contributed by atoms with E-state index < -0.39 is 4.92 Å². The molecular weight excluding hydrogens is 350 g/mol. The molecule has 0 saturated heterocycles. The van der Waals surface area contributed by atoms with Crippen LogP contribution in [0.1, 0.15) is 16.7 Å². The number of hydrogen-bond donors (Lipinski definition) is 0. The molecule has 0 atom stereocenters. The summed E-state index contributed by atoms with van der Waals surface area (Å²) in [6, 6.07) is 22.6. The summed E-state index contributed by atoms with van der Waals surface area (Å²) in [5.74, 6) is 0.